The highest BCUT2D eigenvalue weighted by Crippen LogP contribution is 2.35. The first kappa shape index (κ1) is 5.96. The van der Waals surface area contributed by atoms with Gasteiger partial charge in [0.15, 0.2) is 0 Å². The van der Waals surface area contributed by atoms with Gasteiger partial charge in [0.1, 0.15) is 0 Å². The lowest BCUT2D eigenvalue weighted by atomic mass is 10.4. The molecule has 0 spiro atoms. The molecule has 0 radical (unpaired) electrons. The van der Waals surface area contributed by atoms with Crippen LogP contribution in [0.3, 0.4) is 0 Å². The summed E-state index contributed by atoms with van der Waals surface area (Å²) in [5.41, 5.74) is 1.23. The van der Waals surface area contributed by atoms with Gasteiger partial charge in [0.25, 0.3) is 0 Å². The number of imidazole rings is 1. The van der Waals surface area contributed by atoms with Crippen molar-refractivity contribution < 1.29 is 1.37 Å². The highest BCUT2D eigenvalue weighted by molar-refractivity contribution is 5.73. The Morgan fingerprint density at radius 2 is 2.54 bits per heavy atom. The largest absolute Gasteiger partial charge is 0.326 e. The number of nitrogens with one attached hydrogen (secondary N) is 1. The van der Waals surface area contributed by atoms with Crippen LogP contribution >= 0.6 is 0 Å². The highest BCUT2D eigenvalue weighted by Gasteiger charge is 2.26. The number of aromatic nitrogens is 3. The lowest BCUT2D eigenvalue weighted by Gasteiger charge is -1.97. The highest BCUT2D eigenvalue weighted by atomic mass is 16.1. The zero-order valence-electron chi connectivity index (χ0n) is 7.95. The molecule has 4 nitrogen and oxygen atoms in total. The summed E-state index contributed by atoms with van der Waals surface area (Å²) in [6, 6.07) is 0.607. The zero-order valence-corrected chi connectivity index (χ0v) is 6.95. The Bertz CT molecular complexity index is 553. The van der Waals surface area contributed by atoms with E-state index in [9.17, 15) is 4.79 Å². The van der Waals surface area contributed by atoms with Gasteiger partial charge in [-0.3, -0.25) is 9.55 Å². The molecule has 0 amide bonds. The van der Waals surface area contributed by atoms with Crippen molar-refractivity contribution in [2.45, 2.75) is 18.9 Å². The molecule has 2 aromatic rings. The van der Waals surface area contributed by atoms with E-state index < -0.39 is 0 Å². The van der Waals surface area contributed by atoms with E-state index in [0.29, 0.717) is 23.1 Å². The zero-order chi connectivity index (χ0) is 9.71. The Hall–Kier alpha value is -1.58. The van der Waals surface area contributed by atoms with Gasteiger partial charge >= 0.3 is 5.69 Å². The van der Waals surface area contributed by atoms with Gasteiger partial charge in [0.2, 0.25) is 0 Å². The van der Waals surface area contributed by atoms with Crippen molar-refractivity contribution in [2.24, 2.45) is 0 Å². The van der Waals surface area contributed by atoms with Gasteiger partial charge in [0.05, 0.1) is 18.6 Å². The van der Waals surface area contributed by atoms with E-state index in [1.807, 2.05) is 0 Å². The second kappa shape index (κ2) is 2.22. The molecule has 0 atom stereocenters. The topological polar surface area (TPSA) is 50.7 Å². The van der Waals surface area contributed by atoms with Crippen LogP contribution in [0.25, 0.3) is 11.0 Å². The maximum absolute atomic E-state index is 11.6. The Labute approximate surface area is 75.6 Å². The molecule has 4 heteroatoms. The summed E-state index contributed by atoms with van der Waals surface area (Å²) in [5, 5.41) is 0. The SMILES string of the molecule is [2H]c1cncc2[nH]c(=O)n(C3CC3)c12. The smallest absolute Gasteiger partial charge is 0.304 e. The van der Waals surface area contributed by atoms with E-state index in [-0.39, 0.29) is 5.69 Å². The maximum atomic E-state index is 11.6. The van der Waals surface area contributed by atoms with Gasteiger partial charge in [-0.2, -0.15) is 0 Å². The van der Waals surface area contributed by atoms with Crippen molar-refractivity contribution in [3.8, 4) is 0 Å². The average Bonchev–Trinajstić information content (AvgIpc) is 2.90. The number of aromatic amines is 1. The van der Waals surface area contributed by atoms with Crippen LogP contribution in [0, 0.1) is 0 Å². The first-order chi connectivity index (χ1) is 6.77. The fourth-order valence-corrected chi connectivity index (χ4v) is 1.60. The normalized spacial score (nSPS) is 17.7. The van der Waals surface area contributed by atoms with E-state index >= 15 is 0 Å². The minimum atomic E-state index is -0.121. The Kier molecular flexibility index (Phi) is 1.02. The quantitative estimate of drug-likeness (QED) is 0.706. The van der Waals surface area contributed by atoms with Crippen LogP contribution in [0.1, 0.15) is 20.3 Å². The molecule has 66 valence electrons. The second-order valence-electron chi connectivity index (χ2n) is 3.35. The number of hydrogen-bond donors (Lipinski definition) is 1. The van der Waals surface area contributed by atoms with Crippen molar-refractivity contribution in [3.63, 3.8) is 0 Å². The monoisotopic (exact) mass is 176 g/mol. The van der Waals surface area contributed by atoms with Gasteiger partial charge in [0, 0.05) is 12.2 Å². The summed E-state index contributed by atoms with van der Waals surface area (Å²) < 4.78 is 9.38. The third-order valence-electron chi connectivity index (χ3n) is 2.35. The molecule has 1 fully saturated rings. The van der Waals surface area contributed by atoms with E-state index in [0.717, 1.165) is 12.8 Å². The molecule has 0 aliphatic heterocycles. The minimum absolute atomic E-state index is 0.121. The number of fused-ring (bicyclic) bond motifs is 1. The first-order valence-electron chi connectivity index (χ1n) is 4.82. The lowest BCUT2D eigenvalue weighted by molar-refractivity contribution is 0.733. The number of nitrogens with zero attached hydrogens (tertiary/aromatic N) is 2. The van der Waals surface area contributed by atoms with E-state index in [4.69, 9.17) is 1.37 Å². The fourth-order valence-electron chi connectivity index (χ4n) is 1.60. The average molecular weight is 176 g/mol. The molecular weight excluding hydrogens is 166 g/mol. The Balaban J connectivity index is 2.45. The molecule has 3 rings (SSSR count). The first-order valence-corrected chi connectivity index (χ1v) is 4.32. The summed E-state index contributed by atoms with van der Waals surface area (Å²) in [5.74, 6) is 0. The van der Waals surface area contributed by atoms with E-state index in [1.54, 1.807) is 10.8 Å². The van der Waals surface area contributed by atoms with Crippen LogP contribution in [0.5, 0.6) is 0 Å². The van der Waals surface area contributed by atoms with Gasteiger partial charge in [-0.25, -0.2) is 4.79 Å². The summed E-state index contributed by atoms with van der Waals surface area (Å²) in [4.78, 5) is 18.2. The van der Waals surface area contributed by atoms with Gasteiger partial charge in [-0.15, -0.1) is 0 Å². The van der Waals surface area contributed by atoms with Crippen molar-refractivity contribution >= 4 is 11.0 Å². The molecule has 1 aliphatic carbocycles. The Morgan fingerprint density at radius 3 is 3.31 bits per heavy atom. The molecule has 2 aromatic heterocycles. The summed E-state index contributed by atoms with van der Waals surface area (Å²) in [6.07, 6.45) is 5.13. The van der Waals surface area contributed by atoms with Crippen molar-refractivity contribution in [1.29, 1.82) is 0 Å². The van der Waals surface area contributed by atoms with Crippen LogP contribution in [-0.2, 0) is 0 Å². The molecule has 0 aromatic carbocycles. The molecule has 2 heterocycles. The fraction of sp³-hybridized carbons (Fsp3) is 0.333. The molecule has 1 aliphatic rings. The third kappa shape index (κ3) is 0.915. The van der Waals surface area contributed by atoms with Crippen LogP contribution in [0.4, 0.5) is 0 Å². The minimum Gasteiger partial charge on any atom is -0.304 e. The number of hydrogen-bond acceptors (Lipinski definition) is 2. The van der Waals surface area contributed by atoms with Crippen LogP contribution < -0.4 is 5.69 Å². The molecule has 13 heavy (non-hydrogen) atoms. The number of rotatable bonds is 1. The number of pyridine rings is 1. The third-order valence-corrected chi connectivity index (χ3v) is 2.35. The van der Waals surface area contributed by atoms with Crippen molar-refractivity contribution in [1.82, 2.24) is 14.5 Å². The van der Waals surface area contributed by atoms with Crippen LogP contribution in [0.2, 0.25) is 0 Å². The molecule has 0 bridgehead atoms. The molecule has 0 saturated heterocycles. The van der Waals surface area contributed by atoms with Crippen LogP contribution in [0.15, 0.2) is 23.2 Å². The summed E-state index contributed by atoms with van der Waals surface area (Å²) in [7, 11) is 0. The second-order valence-corrected chi connectivity index (χ2v) is 3.35. The van der Waals surface area contributed by atoms with Gasteiger partial charge in [-0.1, -0.05) is 0 Å². The molecule has 1 saturated carbocycles. The van der Waals surface area contributed by atoms with Gasteiger partial charge in [-0.05, 0) is 18.9 Å². The predicted molar refractivity (Wildman–Crippen MR) is 48.6 cm³/mol. The van der Waals surface area contributed by atoms with Crippen LogP contribution in [-0.4, -0.2) is 14.5 Å². The predicted octanol–water partition coefficient (Wildman–Crippen LogP) is 1.06. The van der Waals surface area contributed by atoms with Crippen molar-refractivity contribution in [3.05, 3.63) is 28.9 Å². The summed E-state index contributed by atoms with van der Waals surface area (Å²) >= 11 is 0. The standard InChI is InChI=1S/C9H9N3O/c13-9-11-7-5-10-4-3-8(7)12(9)6-1-2-6/h3-6H,1-2H2,(H,11,13)/i3D. The maximum Gasteiger partial charge on any atom is 0.326 e. The van der Waals surface area contributed by atoms with Crippen molar-refractivity contribution in [2.75, 3.05) is 0 Å². The van der Waals surface area contributed by atoms with E-state index in [2.05, 4.69) is 9.97 Å². The lowest BCUT2D eigenvalue weighted by Crippen LogP contribution is -2.14. The molecular formula is C9H9N3O. The molecule has 0 unspecified atom stereocenters. The summed E-state index contributed by atoms with van der Waals surface area (Å²) in [6.45, 7) is 0. The number of H-pyrrole nitrogens is 1. The Morgan fingerprint density at radius 1 is 1.69 bits per heavy atom. The van der Waals surface area contributed by atoms with E-state index in [1.165, 1.54) is 6.20 Å². The molecule has 1 N–H and O–H groups in total. The van der Waals surface area contributed by atoms with Gasteiger partial charge < -0.3 is 4.98 Å².